The molecule has 0 bridgehead atoms. The SMILES string of the molecule is C[C@@H](Oc1ccc(Cl)cc1Cl)C(=O)N/N=C\c1ccc(Sc2nc3ccccc3s2)o1. The smallest absolute Gasteiger partial charge is 0.280 e. The van der Waals surface area contributed by atoms with Crippen LogP contribution in [-0.2, 0) is 4.79 Å². The summed E-state index contributed by atoms with van der Waals surface area (Å²) in [6.07, 6.45) is 0.611. The molecule has 4 rings (SSSR count). The molecule has 1 amide bonds. The van der Waals surface area contributed by atoms with Crippen LogP contribution < -0.4 is 10.2 Å². The second kappa shape index (κ2) is 9.74. The molecule has 31 heavy (non-hydrogen) atoms. The van der Waals surface area contributed by atoms with Crippen molar-refractivity contribution in [2.24, 2.45) is 5.10 Å². The number of aromatic nitrogens is 1. The lowest BCUT2D eigenvalue weighted by Gasteiger charge is -2.14. The molecular formula is C21H15Cl2N3O3S2. The molecule has 0 aliphatic heterocycles. The molecule has 0 saturated heterocycles. The number of hydrogen-bond acceptors (Lipinski definition) is 7. The topological polar surface area (TPSA) is 76.7 Å². The highest BCUT2D eigenvalue weighted by molar-refractivity contribution is 8.01. The molecule has 1 N–H and O–H groups in total. The lowest BCUT2D eigenvalue weighted by molar-refractivity contribution is -0.127. The van der Waals surface area contributed by atoms with E-state index in [4.69, 9.17) is 32.4 Å². The second-order valence-corrected chi connectivity index (χ2v) is 9.40. The molecule has 0 saturated carbocycles. The maximum absolute atomic E-state index is 12.2. The van der Waals surface area contributed by atoms with E-state index < -0.39 is 12.0 Å². The first kappa shape index (κ1) is 21.7. The van der Waals surface area contributed by atoms with Gasteiger partial charge < -0.3 is 9.15 Å². The lowest BCUT2D eigenvalue weighted by Crippen LogP contribution is -2.33. The third-order valence-electron chi connectivity index (χ3n) is 4.00. The average Bonchev–Trinajstić information content (AvgIpc) is 3.36. The Morgan fingerprint density at radius 2 is 2.10 bits per heavy atom. The monoisotopic (exact) mass is 491 g/mol. The molecule has 4 aromatic rings. The van der Waals surface area contributed by atoms with Gasteiger partial charge in [-0.05, 0) is 61.2 Å². The van der Waals surface area contributed by atoms with Gasteiger partial charge in [0.1, 0.15) is 11.5 Å². The van der Waals surface area contributed by atoms with Gasteiger partial charge in [0.05, 0.1) is 21.5 Å². The molecule has 1 atom stereocenters. The van der Waals surface area contributed by atoms with Crippen LogP contribution in [0.25, 0.3) is 10.2 Å². The molecular weight excluding hydrogens is 477 g/mol. The van der Waals surface area contributed by atoms with Crippen molar-refractivity contribution in [1.82, 2.24) is 10.4 Å². The fraction of sp³-hybridized carbons (Fsp3) is 0.0952. The summed E-state index contributed by atoms with van der Waals surface area (Å²) in [5.74, 6) is 0.427. The molecule has 6 nitrogen and oxygen atoms in total. The van der Waals surface area contributed by atoms with Crippen LogP contribution >= 0.6 is 46.3 Å². The van der Waals surface area contributed by atoms with E-state index in [0.717, 1.165) is 14.6 Å². The van der Waals surface area contributed by atoms with Gasteiger partial charge in [-0.2, -0.15) is 5.10 Å². The number of hydrogen-bond donors (Lipinski definition) is 1. The summed E-state index contributed by atoms with van der Waals surface area (Å²) in [4.78, 5) is 16.8. The van der Waals surface area contributed by atoms with Gasteiger partial charge >= 0.3 is 0 Å². The fourth-order valence-corrected chi connectivity index (χ4v) is 4.93. The van der Waals surface area contributed by atoms with Crippen molar-refractivity contribution in [2.45, 2.75) is 22.5 Å². The molecule has 2 aromatic heterocycles. The Kier molecular flexibility index (Phi) is 6.82. The Morgan fingerprint density at radius 3 is 2.90 bits per heavy atom. The summed E-state index contributed by atoms with van der Waals surface area (Å²) in [6, 6.07) is 16.3. The van der Waals surface area contributed by atoms with Crippen molar-refractivity contribution < 1.29 is 13.9 Å². The van der Waals surface area contributed by atoms with Crippen molar-refractivity contribution in [1.29, 1.82) is 0 Å². The maximum atomic E-state index is 12.2. The second-order valence-electron chi connectivity index (χ2n) is 6.28. The van der Waals surface area contributed by atoms with E-state index in [2.05, 4.69) is 15.5 Å². The zero-order valence-electron chi connectivity index (χ0n) is 16.0. The first-order chi connectivity index (χ1) is 15.0. The number of amides is 1. The minimum atomic E-state index is -0.808. The molecule has 0 aliphatic rings. The summed E-state index contributed by atoms with van der Waals surface area (Å²) in [5, 5.41) is 5.41. The number of nitrogens with one attached hydrogen (secondary N) is 1. The van der Waals surface area contributed by atoms with Gasteiger partial charge in [-0.1, -0.05) is 35.3 Å². The van der Waals surface area contributed by atoms with E-state index in [1.807, 2.05) is 30.3 Å². The van der Waals surface area contributed by atoms with Crippen molar-refractivity contribution in [3.8, 4) is 5.75 Å². The summed E-state index contributed by atoms with van der Waals surface area (Å²) in [7, 11) is 0. The van der Waals surface area contributed by atoms with E-state index in [1.165, 1.54) is 18.0 Å². The first-order valence-corrected chi connectivity index (χ1v) is 11.4. The van der Waals surface area contributed by atoms with Crippen LogP contribution in [-0.4, -0.2) is 23.2 Å². The number of carbonyl (C=O) groups is 1. The number of rotatable bonds is 7. The van der Waals surface area contributed by atoms with Crippen molar-refractivity contribution in [3.63, 3.8) is 0 Å². The Bertz CT molecular complexity index is 1220. The van der Waals surface area contributed by atoms with Gasteiger partial charge in [-0.15, -0.1) is 11.3 Å². The number of carbonyl (C=O) groups excluding carboxylic acids is 1. The van der Waals surface area contributed by atoms with Gasteiger partial charge in [0.2, 0.25) is 0 Å². The Morgan fingerprint density at radius 1 is 1.26 bits per heavy atom. The van der Waals surface area contributed by atoms with Crippen molar-refractivity contribution in [2.75, 3.05) is 0 Å². The third kappa shape index (κ3) is 5.59. The number of nitrogens with zero attached hydrogens (tertiary/aromatic N) is 2. The number of furan rings is 1. The summed E-state index contributed by atoms with van der Waals surface area (Å²) in [6.45, 7) is 1.59. The van der Waals surface area contributed by atoms with Crippen LogP contribution in [0.15, 0.2) is 73.5 Å². The number of para-hydroxylation sites is 1. The zero-order chi connectivity index (χ0) is 21.8. The zero-order valence-corrected chi connectivity index (χ0v) is 19.2. The predicted molar refractivity (Wildman–Crippen MR) is 125 cm³/mol. The van der Waals surface area contributed by atoms with Crippen LogP contribution in [0.5, 0.6) is 5.75 Å². The molecule has 0 spiro atoms. The number of ether oxygens (including phenoxy) is 1. The van der Waals surface area contributed by atoms with E-state index in [1.54, 1.807) is 42.5 Å². The molecule has 2 aromatic carbocycles. The van der Waals surface area contributed by atoms with Crippen LogP contribution in [0.3, 0.4) is 0 Å². The summed E-state index contributed by atoms with van der Waals surface area (Å²) in [5.41, 5.74) is 3.38. The van der Waals surface area contributed by atoms with E-state index in [0.29, 0.717) is 26.6 Å². The normalized spacial score (nSPS) is 12.4. The molecule has 0 radical (unpaired) electrons. The molecule has 0 unspecified atom stereocenters. The van der Waals surface area contributed by atoms with Gasteiger partial charge in [0, 0.05) is 5.02 Å². The van der Waals surface area contributed by atoms with Crippen molar-refractivity contribution in [3.05, 3.63) is 70.4 Å². The van der Waals surface area contributed by atoms with Gasteiger partial charge in [-0.3, -0.25) is 4.79 Å². The quantitative estimate of drug-likeness (QED) is 0.243. The number of halogens is 2. The molecule has 158 valence electrons. The molecule has 2 heterocycles. The molecule has 0 fully saturated rings. The van der Waals surface area contributed by atoms with Crippen LogP contribution in [0, 0.1) is 0 Å². The summed E-state index contributed by atoms with van der Waals surface area (Å²) >= 11 is 14.9. The van der Waals surface area contributed by atoms with Gasteiger partial charge in [-0.25, -0.2) is 10.4 Å². The largest absolute Gasteiger partial charge is 0.479 e. The highest BCUT2D eigenvalue weighted by Gasteiger charge is 2.16. The van der Waals surface area contributed by atoms with Crippen LogP contribution in [0.2, 0.25) is 10.0 Å². The minimum absolute atomic E-state index is 0.324. The first-order valence-electron chi connectivity index (χ1n) is 9.06. The predicted octanol–water partition coefficient (Wildman–Crippen LogP) is 6.26. The number of benzene rings is 2. The standard InChI is InChI=1S/C21H15Cl2N3O3S2/c1-12(28-17-8-6-13(22)10-15(17)23)20(27)26-24-11-14-7-9-19(29-14)31-21-25-16-4-2-3-5-18(16)30-21/h2-12H,1H3,(H,26,27)/b24-11-/t12-/m1/s1. The Hall–Kier alpha value is -2.52. The average molecular weight is 492 g/mol. The minimum Gasteiger partial charge on any atom is -0.479 e. The number of thiazole rings is 1. The van der Waals surface area contributed by atoms with E-state index >= 15 is 0 Å². The Balaban J connectivity index is 1.31. The molecule has 0 aliphatic carbocycles. The van der Waals surface area contributed by atoms with E-state index in [-0.39, 0.29) is 0 Å². The van der Waals surface area contributed by atoms with E-state index in [9.17, 15) is 4.79 Å². The third-order valence-corrected chi connectivity index (χ3v) is 6.55. The highest BCUT2D eigenvalue weighted by Crippen LogP contribution is 2.35. The Labute approximate surface area is 196 Å². The number of hydrazone groups is 1. The van der Waals surface area contributed by atoms with Gasteiger partial charge in [0.25, 0.3) is 5.91 Å². The highest BCUT2D eigenvalue weighted by atomic mass is 35.5. The number of fused-ring (bicyclic) bond motifs is 1. The van der Waals surface area contributed by atoms with Crippen LogP contribution in [0.4, 0.5) is 0 Å². The fourth-order valence-electron chi connectivity index (χ4n) is 2.50. The maximum Gasteiger partial charge on any atom is 0.280 e. The van der Waals surface area contributed by atoms with Crippen LogP contribution in [0.1, 0.15) is 12.7 Å². The summed E-state index contributed by atoms with van der Waals surface area (Å²) < 4.78 is 13.3. The molecule has 10 heteroatoms. The van der Waals surface area contributed by atoms with Crippen molar-refractivity contribution >= 4 is 68.6 Å². The lowest BCUT2D eigenvalue weighted by atomic mass is 10.3. The van der Waals surface area contributed by atoms with Gasteiger partial charge in [0.15, 0.2) is 15.5 Å².